The zero-order chi connectivity index (χ0) is 26.1. The first kappa shape index (κ1) is 24.6. The minimum atomic E-state index is -1.11. The molecule has 2 heterocycles. The van der Waals surface area contributed by atoms with Crippen LogP contribution in [0.4, 0.5) is 21.6 Å². The molecule has 3 atom stereocenters. The van der Waals surface area contributed by atoms with Gasteiger partial charge in [-0.1, -0.05) is 18.2 Å². The number of aromatic amines is 1. The summed E-state index contributed by atoms with van der Waals surface area (Å²) in [7, 11) is 1.61. The highest BCUT2D eigenvalue weighted by atomic mass is 19.1. The smallest absolute Gasteiger partial charge is 0.231 e. The number of aliphatic hydroxyl groups is 1. The van der Waals surface area contributed by atoms with Gasteiger partial charge in [-0.15, -0.1) is 0 Å². The lowest BCUT2D eigenvalue weighted by Crippen LogP contribution is -2.38. The van der Waals surface area contributed by atoms with Crippen LogP contribution in [0.25, 0.3) is 11.3 Å². The number of hydrogen-bond donors (Lipinski definition) is 4. The van der Waals surface area contributed by atoms with Gasteiger partial charge in [-0.3, -0.25) is 14.4 Å². The number of carbonyl (C=O) groups excluding carboxylic acids is 3. The number of aliphatic hydroxyl groups excluding tert-OH is 1. The molecule has 0 bridgehead atoms. The second-order valence-electron chi connectivity index (χ2n) is 9.51. The number of nitrogens with one attached hydrogen (secondary N) is 3. The summed E-state index contributed by atoms with van der Waals surface area (Å²) < 4.78 is 13.3. The quantitative estimate of drug-likeness (QED) is 0.372. The Morgan fingerprint density at radius 2 is 1.97 bits per heavy atom. The van der Waals surface area contributed by atoms with Crippen molar-refractivity contribution in [2.75, 3.05) is 30.8 Å². The first-order valence-corrected chi connectivity index (χ1v) is 12.2. The number of rotatable bonds is 8. The highest BCUT2D eigenvalue weighted by Gasteiger charge is 2.43. The SMILES string of the molecule is CN(CCO)C(=O)C1CC(=O)c2c([nH]c(-c3ccnc(NC(=O)[C@H]4C[C@H]4F)c3)c2Nc2ccccc2)C1. The summed E-state index contributed by atoms with van der Waals surface area (Å²) in [5.74, 6) is -1.66. The number of para-hydroxylation sites is 1. The lowest BCUT2D eigenvalue weighted by molar-refractivity contribution is -0.134. The number of fused-ring (bicyclic) bond motifs is 1. The Hall–Kier alpha value is -4.05. The van der Waals surface area contributed by atoms with Gasteiger partial charge in [-0.05, 0) is 30.7 Å². The van der Waals surface area contributed by atoms with Crippen LogP contribution in [0.5, 0.6) is 0 Å². The van der Waals surface area contributed by atoms with E-state index in [-0.39, 0.29) is 43.5 Å². The molecule has 10 heteroatoms. The second-order valence-corrected chi connectivity index (χ2v) is 9.51. The van der Waals surface area contributed by atoms with Crippen LogP contribution >= 0.6 is 0 Å². The van der Waals surface area contributed by atoms with Crippen LogP contribution in [0.3, 0.4) is 0 Å². The van der Waals surface area contributed by atoms with E-state index < -0.39 is 23.9 Å². The van der Waals surface area contributed by atoms with Gasteiger partial charge >= 0.3 is 0 Å². The van der Waals surface area contributed by atoms with Gasteiger partial charge in [0.25, 0.3) is 0 Å². The molecule has 0 saturated heterocycles. The van der Waals surface area contributed by atoms with E-state index in [1.165, 1.54) is 11.1 Å². The molecule has 2 aliphatic carbocycles. The molecular weight excluding hydrogens is 477 g/mol. The molecule has 0 radical (unpaired) electrons. The number of halogens is 1. The minimum absolute atomic E-state index is 0.0613. The van der Waals surface area contributed by atoms with Crippen LogP contribution in [0.1, 0.15) is 28.9 Å². The number of amides is 2. The maximum absolute atomic E-state index is 13.4. The van der Waals surface area contributed by atoms with Crippen LogP contribution in [0.15, 0.2) is 48.7 Å². The molecule has 37 heavy (non-hydrogen) atoms. The molecule has 192 valence electrons. The van der Waals surface area contributed by atoms with Crippen molar-refractivity contribution in [2.45, 2.75) is 25.4 Å². The molecule has 0 aliphatic heterocycles. The average Bonchev–Trinajstić information content (AvgIpc) is 3.52. The van der Waals surface area contributed by atoms with Crippen molar-refractivity contribution in [1.82, 2.24) is 14.9 Å². The number of Topliss-reactive ketones (excluding diaryl/α,β-unsaturated/α-hetero) is 1. The van der Waals surface area contributed by atoms with E-state index in [1.807, 2.05) is 30.3 Å². The van der Waals surface area contributed by atoms with Crippen LogP contribution in [0.2, 0.25) is 0 Å². The molecule has 2 aliphatic rings. The number of anilines is 3. The Labute approximate surface area is 213 Å². The number of ketones is 1. The van der Waals surface area contributed by atoms with Crippen LogP contribution in [0, 0.1) is 11.8 Å². The van der Waals surface area contributed by atoms with E-state index in [0.29, 0.717) is 34.6 Å². The molecule has 9 nitrogen and oxygen atoms in total. The van der Waals surface area contributed by atoms with E-state index in [4.69, 9.17) is 0 Å². The van der Waals surface area contributed by atoms with Crippen molar-refractivity contribution in [2.24, 2.45) is 11.8 Å². The average molecular weight is 506 g/mol. The van der Waals surface area contributed by atoms with E-state index in [1.54, 1.807) is 19.2 Å². The minimum Gasteiger partial charge on any atom is -0.395 e. The number of pyridine rings is 1. The number of carbonyl (C=O) groups is 3. The largest absolute Gasteiger partial charge is 0.395 e. The molecule has 3 aromatic rings. The standard InChI is InChI=1S/C27H28FN5O4/c1-33(9-10-34)27(37)16-11-20-23(21(35)12-16)25(30-17-5-3-2-4-6-17)24(31-20)15-7-8-29-22(13-15)32-26(36)18-14-19(18)28/h2-8,13,16,18-19,30-31,34H,9-12,14H2,1H3,(H,29,32,36)/t16?,18-,19+/m0/s1. The molecule has 4 N–H and O–H groups in total. The lowest BCUT2D eigenvalue weighted by Gasteiger charge is -2.26. The molecule has 2 aromatic heterocycles. The third kappa shape index (κ3) is 5.10. The lowest BCUT2D eigenvalue weighted by atomic mass is 9.85. The summed E-state index contributed by atoms with van der Waals surface area (Å²) in [4.78, 5) is 47.5. The van der Waals surface area contributed by atoms with Gasteiger partial charge < -0.3 is 25.6 Å². The number of aromatic nitrogens is 2. The zero-order valence-electron chi connectivity index (χ0n) is 20.3. The van der Waals surface area contributed by atoms with Crippen molar-refractivity contribution in [1.29, 1.82) is 0 Å². The summed E-state index contributed by atoms with van der Waals surface area (Å²) in [6.07, 6.45) is 1.04. The van der Waals surface area contributed by atoms with Crippen molar-refractivity contribution in [3.05, 3.63) is 59.9 Å². The highest BCUT2D eigenvalue weighted by Crippen LogP contribution is 2.41. The fraction of sp³-hybridized carbons (Fsp3) is 0.333. The predicted molar refractivity (Wildman–Crippen MR) is 136 cm³/mol. The van der Waals surface area contributed by atoms with Crippen LogP contribution < -0.4 is 10.6 Å². The van der Waals surface area contributed by atoms with Crippen molar-refractivity contribution < 1.29 is 23.9 Å². The molecule has 1 saturated carbocycles. The molecule has 1 fully saturated rings. The molecule has 0 spiro atoms. The first-order valence-electron chi connectivity index (χ1n) is 12.2. The monoisotopic (exact) mass is 505 g/mol. The third-order valence-electron chi connectivity index (χ3n) is 6.79. The molecule has 1 aromatic carbocycles. The number of benzene rings is 1. The number of alkyl halides is 1. The third-order valence-corrected chi connectivity index (χ3v) is 6.79. The van der Waals surface area contributed by atoms with Gasteiger partial charge in [0, 0.05) is 49.6 Å². The summed E-state index contributed by atoms with van der Waals surface area (Å²) in [5.41, 5.74) is 3.78. The normalized spacial score (nSPS) is 20.2. The first-order chi connectivity index (χ1) is 17.9. The van der Waals surface area contributed by atoms with Crippen molar-refractivity contribution in [3.8, 4) is 11.3 Å². The van der Waals surface area contributed by atoms with Gasteiger partial charge in [0.2, 0.25) is 11.8 Å². The summed E-state index contributed by atoms with van der Waals surface area (Å²) in [5, 5.41) is 15.2. The molecular formula is C27H28FN5O4. The molecule has 1 unspecified atom stereocenters. The van der Waals surface area contributed by atoms with E-state index >= 15 is 0 Å². The van der Waals surface area contributed by atoms with E-state index in [9.17, 15) is 23.9 Å². The molecule has 2 amide bonds. The second kappa shape index (κ2) is 10.1. The Balaban J connectivity index is 1.51. The van der Waals surface area contributed by atoms with Crippen molar-refractivity contribution in [3.63, 3.8) is 0 Å². The van der Waals surface area contributed by atoms with Crippen LogP contribution in [-0.4, -0.2) is 63.9 Å². The van der Waals surface area contributed by atoms with Crippen LogP contribution in [-0.2, 0) is 16.0 Å². The Kier molecular flexibility index (Phi) is 6.75. The predicted octanol–water partition coefficient (Wildman–Crippen LogP) is 3.31. The Morgan fingerprint density at radius 3 is 2.68 bits per heavy atom. The van der Waals surface area contributed by atoms with E-state index in [2.05, 4.69) is 20.6 Å². The number of hydrogen-bond acceptors (Lipinski definition) is 6. The number of nitrogens with zero attached hydrogens (tertiary/aromatic N) is 2. The highest BCUT2D eigenvalue weighted by molar-refractivity contribution is 6.09. The fourth-order valence-electron chi connectivity index (χ4n) is 4.72. The Bertz CT molecular complexity index is 1340. The molecule has 5 rings (SSSR count). The van der Waals surface area contributed by atoms with Gasteiger partial charge in [0.15, 0.2) is 5.78 Å². The van der Waals surface area contributed by atoms with E-state index in [0.717, 1.165) is 5.69 Å². The maximum atomic E-state index is 13.4. The fourth-order valence-corrected chi connectivity index (χ4v) is 4.72. The van der Waals surface area contributed by atoms with Gasteiger partial charge in [-0.2, -0.15) is 0 Å². The summed E-state index contributed by atoms with van der Waals surface area (Å²) in [6.45, 7) is 0.0439. The Morgan fingerprint density at radius 1 is 1.22 bits per heavy atom. The summed E-state index contributed by atoms with van der Waals surface area (Å²) >= 11 is 0. The topological polar surface area (TPSA) is 127 Å². The summed E-state index contributed by atoms with van der Waals surface area (Å²) in [6, 6.07) is 12.8. The number of likely N-dealkylation sites (N-methyl/N-ethyl adjacent to an activating group) is 1. The maximum Gasteiger partial charge on any atom is 0.231 e. The van der Waals surface area contributed by atoms with Gasteiger partial charge in [-0.25, -0.2) is 9.37 Å². The van der Waals surface area contributed by atoms with Gasteiger partial charge in [0.05, 0.1) is 35.4 Å². The zero-order valence-corrected chi connectivity index (χ0v) is 20.3. The van der Waals surface area contributed by atoms with Gasteiger partial charge in [0.1, 0.15) is 12.0 Å². The van der Waals surface area contributed by atoms with Crippen molar-refractivity contribution >= 4 is 34.8 Å². The number of H-pyrrole nitrogens is 1.